The summed E-state index contributed by atoms with van der Waals surface area (Å²) in [5.74, 6) is -3.63. The molecule has 1 aliphatic rings. The van der Waals surface area contributed by atoms with E-state index in [-0.39, 0.29) is 24.3 Å². The van der Waals surface area contributed by atoms with E-state index >= 15 is 0 Å². The van der Waals surface area contributed by atoms with Crippen molar-refractivity contribution in [2.24, 2.45) is 0 Å². The number of anilines is 3. The summed E-state index contributed by atoms with van der Waals surface area (Å²) in [4.78, 5) is 22.1. The van der Waals surface area contributed by atoms with Gasteiger partial charge in [-0.1, -0.05) is 13.8 Å². The molecule has 1 unspecified atom stereocenters. The second-order valence-electron chi connectivity index (χ2n) is 7.27. The first-order valence-electron chi connectivity index (χ1n) is 10.4. The number of halogens is 5. The van der Waals surface area contributed by atoms with Crippen LogP contribution in [0.5, 0.6) is 0 Å². The number of aromatic nitrogens is 2. The molecule has 0 bridgehead atoms. The van der Waals surface area contributed by atoms with Crippen molar-refractivity contribution in [3.63, 3.8) is 0 Å². The van der Waals surface area contributed by atoms with Crippen LogP contribution in [0.25, 0.3) is 0 Å². The number of nitrogens with zero attached hydrogens (tertiary/aromatic N) is 4. The summed E-state index contributed by atoms with van der Waals surface area (Å²) in [5.41, 5.74) is 5.25. The lowest BCUT2D eigenvalue weighted by atomic mass is 9.99. The number of amides is 2. The van der Waals surface area contributed by atoms with Gasteiger partial charge in [-0.05, 0) is 24.6 Å². The van der Waals surface area contributed by atoms with Crippen LogP contribution in [0.15, 0.2) is 30.6 Å². The zero-order valence-corrected chi connectivity index (χ0v) is 18.8. The summed E-state index contributed by atoms with van der Waals surface area (Å²) in [5, 5.41) is 9.45. The highest BCUT2D eigenvalue weighted by Crippen LogP contribution is 2.34. The van der Waals surface area contributed by atoms with Gasteiger partial charge >= 0.3 is 12.2 Å². The number of nitrogens with one attached hydrogen (secondary N) is 2. The van der Waals surface area contributed by atoms with Crippen molar-refractivity contribution in [1.82, 2.24) is 14.9 Å². The highest BCUT2D eigenvalue weighted by Gasteiger charge is 2.48. The lowest BCUT2D eigenvalue weighted by molar-refractivity contribution is -0.137. The summed E-state index contributed by atoms with van der Waals surface area (Å²) in [7, 11) is 1.15. The third-order valence-corrected chi connectivity index (χ3v) is 5.13. The number of pyridine rings is 2. The van der Waals surface area contributed by atoms with Gasteiger partial charge in [-0.25, -0.2) is 23.5 Å². The molecule has 13 heteroatoms. The summed E-state index contributed by atoms with van der Waals surface area (Å²) < 4.78 is 68.3. The molecule has 34 heavy (non-hydrogen) atoms. The minimum Gasteiger partial charge on any atom is -0.383 e. The van der Waals surface area contributed by atoms with Crippen LogP contribution in [-0.4, -0.2) is 59.2 Å². The highest BCUT2D eigenvalue weighted by atomic mass is 19.4. The molecular formula is C21H26F5N7O. The van der Waals surface area contributed by atoms with E-state index < -0.39 is 42.1 Å². The molecule has 2 aromatic rings. The predicted octanol–water partition coefficient (Wildman–Crippen LogP) is 4.48. The van der Waals surface area contributed by atoms with Crippen molar-refractivity contribution < 1.29 is 26.7 Å². The summed E-state index contributed by atoms with van der Waals surface area (Å²) in [6.45, 7) is 3.43. The summed E-state index contributed by atoms with van der Waals surface area (Å²) >= 11 is 0. The van der Waals surface area contributed by atoms with Crippen LogP contribution in [0.3, 0.4) is 0 Å². The van der Waals surface area contributed by atoms with E-state index in [1.807, 2.05) is 13.8 Å². The Morgan fingerprint density at radius 2 is 2.00 bits per heavy atom. The second kappa shape index (κ2) is 10.6. The maximum Gasteiger partial charge on any atom is 0.416 e. The number of rotatable bonds is 4. The highest BCUT2D eigenvalue weighted by molar-refractivity contribution is 5.88. The smallest absolute Gasteiger partial charge is 0.383 e. The molecule has 2 aromatic heterocycles. The first-order valence-corrected chi connectivity index (χ1v) is 10.4. The Morgan fingerprint density at radius 3 is 2.59 bits per heavy atom. The second-order valence-corrected chi connectivity index (χ2v) is 7.27. The van der Waals surface area contributed by atoms with Gasteiger partial charge in [0.05, 0.1) is 24.0 Å². The lowest BCUT2D eigenvalue weighted by Gasteiger charge is -2.42. The van der Waals surface area contributed by atoms with Crippen molar-refractivity contribution >= 4 is 29.6 Å². The number of alkyl halides is 5. The van der Waals surface area contributed by atoms with Crippen molar-refractivity contribution in [1.29, 1.82) is 5.41 Å². The minimum atomic E-state index is -4.64. The minimum absolute atomic E-state index is 0.102. The maximum absolute atomic E-state index is 14.9. The van der Waals surface area contributed by atoms with Gasteiger partial charge in [-0.2, -0.15) is 13.2 Å². The molecule has 0 aliphatic carbocycles. The fraction of sp³-hybridized carbons (Fsp3) is 0.429. The Morgan fingerprint density at radius 1 is 1.32 bits per heavy atom. The van der Waals surface area contributed by atoms with Crippen LogP contribution in [0.4, 0.5) is 44.1 Å². The molecule has 1 aliphatic heterocycles. The number of carbonyl (C=O) groups is 1. The molecule has 1 saturated heterocycles. The molecule has 0 radical (unpaired) electrons. The Bertz CT molecular complexity index is 1020. The first-order chi connectivity index (χ1) is 15.9. The van der Waals surface area contributed by atoms with Gasteiger partial charge in [0.25, 0.3) is 5.92 Å². The van der Waals surface area contributed by atoms with Crippen LogP contribution in [-0.2, 0) is 6.18 Å². The quantitative estimate of drug-likeness (QED) is 0.435. The number of hydrogen-bond acceptors (Lipinski definition) is 6. The van der Waals surface area contributed by atoms with Gasteiger partial charge in [-0.15, -0.1) is 0 Å². The fourth-order valence-corrected chi connectivity index (χ4v) is 3.41. The monoisotopic (exact) mass is 487 g/mol. The van der Waals surface area contributed by atoms with Crippen LogP contribution >= 0.6 is 0 Å². The van der Waals surface area contributed by atoms with Crippen LogP contribution in [0.2, 0.25) is 0 Å². The number of nitrogen functional groups attached to an aromatic ring is 1. The summed E-state index contributed by atoms with van der Waals surface area (Å²) in [6.07, 6.45) is -1.58. The zero-order valence-electron chi connectivity index (χ0n) is 18.8. The van der Waals surface area contributed by atoms with E-state index in [0.717, 1.165) is 30.4 Å². The lowest BCUT2D eigenvalue weighted by Crippen LogP contribution is -2.59. The SMILES string of the molecule is CC.CN(C(=O)Nc1cc(C(F)(F)F)ccn1)C1CCN(c2cnc(N)c(C=N)c2)CC1(F)F. The molecular weight excluding hydrogens is 461 g/mol. The molecule has 0 saturated carbocycles. The third kappa shape index (κ3) is 6.08. The van der Waals surface area contributed by atoms with Crippen LogP contribution < -0.4 is 16.0 Å². The van der Waals surface area contributed by atoms with E-state index in [4.69, 9.17) is 11.1 Å². The van der Waals surface area contributed by atoms with E-state index in [0.29, 0.717) is 11.8 Å². The van der Waals surface area contributed by atoms with Crippen LogP contribution in [0, 0.1) is 5.41 Å². The van der Waals surface area contributed by atoms with Gasteiger partial charge in [0, 0.05) is 31.6 Å². The molecule has 2 amide bonds. The summed E-state index contributed by atoms with van der Waals surface area (Å²) in [6, 6.07) is 0.339. The molecule has 0 aromatic carbocycles. The van der Waals surface area contributed by atoms with Gasteiger partial charge in [0.2, 0.25) is 0 Å². The molecule has 186 valence electrons. The molecule has 8 nitrogen and oxygen atoms in total. The van der Waals surface area contributed by atoms with Crippen molar-refractivity contribution in [3.8, 4) is 0 Å². The Hall–Kier alpha value is -3.51. The molecule has 1 atom stereocenters. The zero-order chi connectivity index (χ0) is 25.7. The van der Waals surface area contributed by atoms with E-state index in [9.17, 15) is 26.7 Å². The largest absolute Gasteiger partial charge is 0.416 e. The fourth-order valence-electron chi connectivity index (χ4n) is 3.41. The predicted molar refractivity (Wildman–Crippen MR) is 119 cm³/mol. The van der Waals surface area contributed by atoms with E-state index in [1.54, 1.807) is 0 Å². The molecule has 1 fully saturated rings. The third-order valence-electron chi connectivity index (χ3n) is 5.13. The molecule has 3 rings (SSSR count). The van der Waals surface area contributed by atoms with E-state index in [2.05, 4.69) is 15.3 Å². The van der Waals surface area contributed by atoms with Gasteiger partial charge < -0.3 is 20.9 Å². The maximum atomic E-state index is 14.9. The Labute approximate surface area is 193 Å². The average Bonchev–Trinajstić information content (AvgIpc) is 2.79. The first kappa shape index (κ1) is 26.7. The Kier molecular flexibility index (Phi) is 8.35. The number of urea groups is 1. The molecule has 3 heterocycles. The molecule has 4 N–H and O–H groups in total. The number of carbonyl (C=O) groups excluding carboxylic acids is 1. The van der Waals surface area contributed by atoms with Crippen molar-refractivity contribution in [3.05, 3.63) is 41.7 Å². The van der Waals surface area contributed by atoms with E-state index in [1.165, 1.54) is 17.2 Å². The van der Waals surface area contributed by atoms with Crippen molar-refractivity contribution in [2.45, 2.75) is 38.4 Å². The van der Waals surface area contributed by atoms with Crippen LogP contribution in [0.1, 0.15) is 31.4 Å². The van der Waals surface area contributed by atoms with Gasteiger partial charge in [0.1, 0.15) is 17.7 Å². The number of piperidine rings is 1. The average molecular weight is 487 g/mol. The van der Waals surface area contributed by atoms with Gasteiger partial charge in [0.15, 0.2) is 0 Å². The standard InChI is InChI=1S/C19H20F5N7O.C2H6/c1-30(17(32)29-15-7-12(2-4-27-15)19(22,23)24)14-3-5-31(10-18(14,20)21)13-6-11(8-25)16(26)28-9-13;1-2/h2,4,6-9,14,25H,3,5,10H2,1H3,(H2,26,28)(H,27,29,32);1-2H3. The number of hydrogen-bond donors (Lipinski definition) is 3. The topological polar surface area (TPSA) is 111 Å². The normalized spacial score (nSPS) is 17.3. The Balaban J connectivity index is 0.00000199. The molecule has 0 spiro atoms. The van der Waals surface area contributed by atoms with Crippen molar-refractivity contribution in [2.75, 3.05) is 36.1 Å². The van der Waals surface area contributed by atoms with Gasteiger partial charge in [-0.3, -0.25) is 5.32 Å². The number of nitrogens with two attached hydrogens (primary N) is 1.